The first-order chi connectivity index (χ1) is 7.93. The second-order valence-corrected chi connectivity index (χ2v) is 3.93. The van der Waals surface area contributed by atoms with Crippen LogP contribution in [0.15, 0.2) is 24.4 Å². The fourth-order valence-corrected chi connectivity index (χ4v) is 1.96. The largest absolute Gasteiger partial charge is 0.379 e. The Morgan fingerprint density at radius 1 is 1.19 bits per heavy atom. The van der Waals surface area contributed by atoms with Crippen LogP contribution in [0.2, 0.25) is 0 Å². The predicted octanol–water partition coefficient (Wildman–Crippen LogP) is 0.561. The van der Waals surface area contributed by atoms with Gasteiger partial charge in [0.15, 0.2) is 11.5 Å². The average molecular weight is 218 g/mol. The van der Waals surface area contributed by atoms with Crippen molar-refractivity contribution < 1.29 is 4.74 Å². The Hall–Kier alpha value is -1.46. The molecule has 1 fully saturated rings. The molecular formula is C11H14N4O. The van der Waals surface area contributed by atoms with E-state index in [1.54, 1.807) is 0 Å². The molecule has 16 heavy (non-hydrogen) atoms. The standard InChI is InChI=1S/C11H14N4O/c1-2-4-15-10(3-1)12-13-11(15)9-14-5-7-16-8-6-14/h1-4H,5-9H2. The molecule has 1 aliphatic heterocycles. The molecule has 0 bridgehead atoms. The van der Waals surface area contributed by atoms with E-state index in [9.17, 15) is 0 Å². The number of pyridine rings is 1. The van der Waals surface area contributed by atoms with Gasteiger partial charge in [-0.2, -0.15) is 0 Å². The molecule has 0 amide bonds. The summed E-state index contributed by atoms with van der Waals surface area (Å²) in [6, 6.07) is 5.94. The van der Waals surface area contributed by atoms with Crippen molar-refractivity contribution in [3.05, 3.63) is 30.2 Å². The molecule has 3 rings (SSSR count). The van der Waals surface area contributed by atoms with Gasteiger partial charge in [-0.3, -0.25) is 9.30 Å². The summed E-state index contributed by atoms with van der Waals surface area (Å²) in [7, 11) is 0. The minimum atomic E-state index is 0.816. The molecule has 84 valence electrons. The van der Waals surface area contributed by atoms with E-state index < -0.39 is 0 Å². The van der Waals surface area contributed by atoms with Crippen molar-refractivity contribution in [2.75, 3.05) is 26.3 Å². The van der Waals surface area contributed by atoms with E-state index in [2.05, 4.69) is 15.1 Å². The van der Waals surface area contributed by atoms with E-state index in [0.717, 1.165) is 44.3 Å². The molecule has 0 aliphatic carbocycles. The summed E-state index contributed by atoms with van der Waals surface area (Å²) in [5.41, 5.74) is 0.908. The van der Waals surface area contributed by atoms with Crippen LogP contribution in [0.4, 0.5) is 0 Å². The van der Waals surface area contributed by atoms with Gasteiger partial charge in [-0.05, 0) is 12.1 Å². The number of aromatic nitrogens is 3. The Morgan fingerprint density at radius 3 is 2.94 bits per heavy atom. The summed E-state index contributed by atoms with van der Waals surface area (Å²) in [6.45, 7) is 4.42. The van der Waals surface area contributed by atoms with Crippen molar-refractivity contribution in [3.63, 3.8) is 0 Å². The molecule has 2 aromatic rings. The SMILES string of the molecule is c1ccn2c(CN3CCOCC3)nnc2c1. The van der Waals surface area contributed by atoms with E-state index in [-0.39, 0.29) is 0 Å². The molecule has 2 aromatic heterocycles. The van der Waals surface area contributed by atoms with Crippen molar-refractivity contribution in [3.8, 4) is 0 Å². The van der Waals surface area contributed by atoms with Crippen LogP contribution in [-0.4, -0.2) is 45.8 Å². The summed E-state index contributed by atoms with van der Waals surface area (Å²) >= 11 is 0. The number of nitrogens with zero attached hydrogens (tertiary/aromatic N) is 4. The fourth-order valence-electron chi connectivity index (χ4n) is 1.96. The van der Waals surface area contributed by atoms with Gasteiger partial charge in [-0.15, -0.1) is 10.2 Å². The van der Waals surface area contributed by atoms with E-state index in [1.807, 2.05) is 28.8 Å². The predicted molar refractivity (Wildman–Crippen MR) is 59.1 cm³/mol. The van der Waals surface area contributed by atoms with Gasteiger partial charge in [0.1, 0.15) is 0 Å². The minimum Gasteiger partial charge on any atom is -0.379 e. The molecule has 0 saturated carbocycles. The van der Waals surface area contributed by atoms with Crippen LogP contribution in [-0.2, 0) is 11.3 Å². The Bertz CT molecular complexity index is 476. The van der Waals surface area contributed by atoms with Gasteiger partial charge in [-0.25, -0.2) is 0 Å². The highest BCUT2D eigenvalue weighted by molar-refractivity contribution is 5.36. The number of rotatable bonds is 2. The van der Waals surface area contributed by atoms with Crippen LogP contribution < -0.4 is 0 Å². The highest BCUT2D eigenvalue weighted by Crippen LogP contribution is 2.07. The highest BCUT2D eigenvalue weighted by Gasteiger charge is 2.13. The summed E-state index contributed by atoms with van der Waals surface area (Å²) in [4.78, 5) is 2.34. The molecule has 0 N–H and O–H groups in total. The zero-order valence-corrected chi connectivity index (χ0v) is 9.04. The van der Waals surface area contributed by atoms with Crippen LogP contribution in [0.1, 0.15) is 5.82 Å². The van der Waals surface area contributed by atoms with E-state index in [1.165, 1.54) is 0 Å². The zero-order valence-electron chi connectivity index (χ0n) is 9.04. The molecule has 5 heteroatoms. The zero-order chi connectivity index (χ0) is 10.8. The molecule has 3 heterocycles. The third-order valence-corrected chi connectivity index (χ3v) is 2.85. The van der Waals surface area contributed by atoms with E-state index >= 15 is 0 Å². The van der Waals surface area contributed by atoms with Crippen molar-refractivity contribution in [2.24, 2.45) is 0 Å². The Morgan fingerprint density at radius 2 is 2.06 bits per heavy atom. The lowest BCUT2D eigenvalue weighted by atomic mass is 10.4. The topological polar surface area (TPSA) is 42.7 Å². The van der Waals surface area contributed by atoms with Crippen molar-refractivity contribution in [2.45, 2.75) is 6.54 Å². The van der Waals surface area contributed by atoms with E-state index in [0.29, 0.717) is 0 Å². The first-order valence-electron chi connectivity index (χ1n) is 5.52. The smallest absolute Gasteiger partial charge is 0.160 e. The molecule has 0 aromatic carbocycles. The van der Waals surface area contributed by atoms with E-state index in [4.69, 9.17) is 4.74 Å². The van der Waals surface area contributed by atoms with Gasteiger partial charge in [0, 0.05) is 19.3 Å². The lowest BCUT2D eigenvalue weighted by Gasteiger charge is -2.25. The Balaban J connectivity index is 1.83. The minimum absolute atomic E-state index is 0.816. The Labute approximate surface area is 93.6 Å². The molecule has 0 atom stereocenters. The number of morpholine rings is 1. The molecule has 1 aliphatic rings. The number of fused-ring (bicyclic) bond motifs is 1. The first kappa shape index (κ1) is 9.74. The Kier molecular flexibility index (Phi) is 2.55. The monoisotopic (exact) mass is 218 g/mol. The fraction of sp³-hybridized carbons (Fsp3) is 0.455. The lowest BCUT2D eigenvalue weighted by Crippen LogP contribution is -2.36. The normalized spacial score (nSPS) is 18.0. The molecule has 0 radical (unpaired) electrons. The quantitative estimate of drug-likeness (QED) is 0.738. The summed E-state index contributed by atoms with van der Waals surface area (Å²) < 4.78 is 7.36. The molecule has 5 nitrogen and oxygen atoms in total. The summed E-state index contributed by atoms with van der Waals surface area (Å²) in [6.07, 6.45) is 2.01. The van der Waals surface area contributed by atoms with Crippen LogP contribution >= 0.6 is 0 Å². The van der Waals surface area contributed by atoms with Crippen molar-refractivity contribution >= 4 is 5.65 Å². The molecule has 0 unspecified atom stereocenters. The third-order valence-electron chi connectivity index (χ3n) is 2.85. The highest BCUT2D eigenvalue weighted by atomic mass is 16.5. The van der Waals surface area contributed by atoms with Crippen molar-refractivity contribution in [1.82, 2.24) is 19.5 Å². The number of hydrogen-bond acceptors (Lipinski definition) is 4. The maximum atomic E-state index is 5.32. The molecule has 0 spiro atoms. The van der Waals surface area contributed by atoms with Crippen LogP contribution in [0, 0.1) is 0 Å². The van der Waals surface area contributed by atoms with Gasteiger partial charge in [0.2, 0.25) is 0 Å². The first-order valence-corrected chi connectivity index (χ1v) is 5.52. The van der Waals surface area contributed by atoms with Gasteiger partial charge < -0.3 is 4.74 Å². The summed E-state index contributed by atoms with van der Waals surface area (Å²) in [5, 5.41) is 8.36. The van der Waals surface area contributed by atoms with Gasteiger partial charge in [-0.1, -0.05) is 6.07 Å². The summed E-state index contributed by atoms with van der Waals surface area (Å²) in [5.74, 6) is 0.998. The second-order valence-electron chi connectivity index (χ2n) is 3.93. The van der Waals surface area contributed by atoms with Gasteiger partial charge in [0.05, 0.1) is 19.8 Å². The number of ether oxygens (including phenoxy) is 1. The average Bonchev–Trinajstić information content (AvgIpc) is 2.74. The maximum Gasteiger partial charge on any atom is 0.160 e. The molecule has 1 saturated heterocycles. The van der Waals surface area contributed by atoms with Crippen LogP contribution in [0.5, 0.6) is 0 Å². The van der Waals surface area contributed by atoms with Crippen LogP contribution in [0.3, 0.4) is 0 Å². The lowest BCUT2D eigenvalue weighted by molar-refractivity contribution is 0.0329. The molecular weight excluding hydrogens is 204 g/mol. The van der Waals surface area contributed by atoms with Gasteiger partial charge >= 0.3 is 0 Å². The van der Waals surface area contributed by atoms with Gasteiger partial charge in [0.25, 0.3) is 0 Å². The van der Waals surface area contributed by atoms with Crippen LogP contribution in [0.25, 0.3) is 5.65 Å². The number of hydrogen-bond donors (Lipinski definition) is 0. The maximum absolute atomic E-state index is 5.32. The second kappa shape index (κ2) is 4.19. The van der Waals surface area contributed by atoms with Crippen molar-refractivity contribution in [1.29, 1.82) is 0 Å². The third kappa shape index (κ3) is 1.79.